The van der Waals surface area contributed by atoms with Gasteiger partial charge in [0.05, 0.1) is 0 Å². The van der Waals surface area contributed by atoms with Gasteiger partial charge in [-0.3, -0.25) is 4.79 Å². The Kier molecular flexibility index (Phi) is 4.93. The van der Waals surface area contributed by atoms with Gasteiger partial charge in [0.1, 0.15) is 11.6 Å². The lowest BCUT2D eigenvalue weighted by molar-refractivity contribution is -0.118. The van der Waals surface area contributed by atoms with Crippen LogP contribution in [0.4, 0.5) is 5.82 Å². The van der Waals surface area contributed by atoms with Crippen molar-refractivity contribution in [2.75, 3.05) is 11.9 Å². The molecule has 1 aromatic heterocycles. The molecule has 0 saturated heterocycles. The lowest BCUT2D eigenvalue weighted by atomic mass is 10.0. The molecule has 0 spiro atoms. The lowest BCUT2D eigenvalue weighted by Gasteiger charge is -2.13. The number of nitrogens with one attached hydrogen (secondary N) is 1. The van der Waals surface area contributed by atoms with E-state index in [-0.39, 0.29) is 12.5 Å². The van der Waals surface area contributed by atoms with E-state index in [1.165, 1.54) is 0 Å². The maximum atomic E-state index is 11.9. The Balaban J connectivity index is 1.95. The summed E-state index contributed by atoms with van der Waals surface area (Å²) in [5.41, 5.74) is 1.96. The van der Waals surface area contributed by atoms with Crippen LogP contribution in [0.2, 0.25) is 0 Å². The Labute approximate surface area is 125 Å². The molecule has 1 heterocycles. The molecule has 0 radical (unpaired) electrons. The van der Waals surface area contributed by atoms with E-state index < -0.39 is 0 Å². The number of carbonyl (C=O) groups is 1. The van der Waals surface area contributed by atoms with E-state index >= 15 is 0 Å². The monoisotopic (exact) mass is 284 g/mol. The number of para-hydroxylation sites is 1. The van der Waals surface area contributed by atoms with Crippen molar-refractivity contribution < 1.29 is 9.53 Å². The number of carbonyl (C=O) groups excluding carboxylic acids is 1. The largest absolute Gasteiger partial charge is 0.483 e. The van der Waals surface area contributed by atoms with Gasteiger partial charge in [-0.1, -0.05) is 38.1 Å². The van der Waals surface area contributed by atoms with Crippen molar-refractivity contribution in [2.24, 2.45) is 0 Å². The number of anilines is 1. The maximum Gasteiger partial charge on any atom is 0.263 e. The lowest BCUT2D eigenvalue weighted by Crippen LogP contribution is -2.21. The van der Waals surface area contributed by atoms with Crippen molar-refractivity contribution in [1.29, 1.82) is 0 Å². The standard InChI is InChI=1S/C17H20N2O2/c1-12(2)14-8-4-5-9-15(14)21-11-17(20)19-16-10-6-7-13(3)18-16/h4-10,12H,11H2,1-3H3,(H,18,19,20). The second-order valence-electron chi connectivity index (χ2n) is 5.19. The van der Waals surface area contributed by atoms with Crippen LogP contribution in [0.15, 0.2) is 42.5 Å². The quantitative estimate of drug-likeness (QED) is 0.913. The molecule has 0 fully saturated rings. The number of hydrogen-bond donors (Lipinski definition) is 1. The number of hydrogen-bond acceptors (Lipinski definition) is 3. The van der Waals surface area contributed by atoms with Crippen molar-refractivity contribution in [1.82, 2.24) is 4.98 Å². The number of nitrogens with zero attached hydrogens (tertiary/aromatic N) is 1. The van der Waals surface area contributed by atoms with E-state index in [0.717, 1.165) is 17.0 Å². The molecular formula is C17H20N2O2. The number of aryl methyl sites for hydroxylation is 1. The highest BCUT2D eigenvalue weighted by atomic mass is 16.5. The summed E-state index contributed by atoms with van der Waals surface area (Å²) in [6, 6.07) is 13.3. The highest BCUT2D eigenvalue weighted by Crippen LogP contribution is 2.25. The number of pyridine rings is 1. The Morgan fingerprint density at radius 1 is 1.19 bits per heavy atom. The van der Waals surface area contributed by atoms with Crippen molar-refractivity contribution in [3.63, 3.8) is 0 Å². The molecule has 0 saturated carbocycles. The van der Waals surface area contributed by atoms with Crippen LogP contribution in [0.3, 0.4) is 0 Å². The normalized spacial score (nSPS) is 10.5. The minimum atomic E-state index is -0.216. The zero-order valence-electron chi connectivity index (χ0n) is 12.6. The molecule has 1 N–H and O–H groups in total. The number of amides is 1. The molecule has 0 aliphatic carbocycles. The van der Waals surface area contributed by atoms with Crippen LogP contribution in [-0.4, -0.2) is 17.5 Å². The summed E-state index contributed by atoms with van der Waals surface area (Å²) in [5.74, 6) is 1.43. The van der Waals surface area contributed by atoms with Crippen LogP contribution in [0.1, 0.15) is 31.0 Å². The third kappa shape index (κ3) is 4.31. The van der Waals surface area contributed by atoms with Crippen LogP contribution < -0.4 is 10.1 Å². The van der Waals surface area contributed by atoms with E-state index in [0.29, 0.717) is 11.7 Å². The zero-order valence-corrected chi connectivity index (χ0v) is 12.6. The first-order chi connectivity index (χ1) is 10.1. The molecule has 2 rings (SSSR count). The summed E-state index contributed by atoms with van der Waals surface area (Å²) in [7, 11) is 0. The minimum Gasteiger partial charge on any atom is -0.483 e. The Bertz CT molecular complexity index is 624. The number of rotatable bonds is 5. The summed E-state index contributed by atoms with van der Waals surface area (Å²) in [5, 5.41) is 2.73. The fourth-order valence-electron chi connectivity index (χ4n) is 2.02. The number of aromatic nitrogens is 1. The maximum absolute atomic E-state index is 11.9. The van der Waals surface area contributed by atoms with Gasteiger partial charge in [-0.15, -0.1) is 0 Å². The second-order valence-corrected chi connectivity index (χ2v) is 5.19. The van der Waals surface area contributed by atoms with Crippen LogP contribution in [-0.2, 0) is 4.79 Å². The molecule has 0 unspecified atom stereocenters. The predicted molar refractivity (Wildman–Crippen MR) is 83.6 cm³/mol. The van der Waals surface area contributed by atoms with Gasteiger partial charge < -0.3 is 10.1 Å². The van der Waals surface area contributed by atoms with Gasteiger partial charge in [0, 0.05) is 5.69 Å². The first kappa shape index (κ1) is 15.0. The van der Waals surface area contributed by atoms with Crippen molar-refractivity contribution in [3.05, 3.63) is 53.7 Å². The molecule has 1 aromatic carbocycles. The summed E-state index contributed by atoms with van der Waals surface area (Å²) in [4.78, 5) is 16.1. The molecule has 21 heavy (non-hydrogen) atoms. The third-order valence-corrected chi connectivity index (χ3v) is 3.06. The molecule has 0 aliphatic rings. The molecule has 0 atom stereocenters. The van der Waals surface area contributed by atoms with Crippen molar-refractivity contribution in [3.8, 4) is 5.75 Å². The van der Waals surface area contributed by atoms with Gasteiger partial charge in [-0.05, 0) is 36.6 Å². The molecular weight excluding hydrogens is 264 g/mol. The summed E-state index contributed by atoms with van der Waals surface area (Å²) in [6.07, 6.45) is 0. The van der Waals surface area contributed by atoms with E-state index in [9.17, 15) is 4.79 Å². The van der Waals surface area contributed by atoms with Gasteiger partial charge in [-0.25, -0.2) is 4.98 Å². The Morgan fingerprint density at radius 2 is 1.95 bits per heavy atom. The van der Waals surface area contributed by atoms with Crippen LogP contribution in [0.5, 0.6) is 5.75 Å². The van der Waals surface area contributed by atoms with E-state index in [1.54, 1.807) is 6.07 Å². The fraction of sp³-hybridized carbons (Fsp3) is 0.294. The van der Waals surface area contributed by atoms with Gasteiger partial charge in [0.25, 0.3) is 5.91 Å². The summed E-state index contributed by atoms with van der Waals surface area (Å²) >= 11 is 0. The molecule has 0 bridgehead atoms. The molecule has 1 amide bonds. The van der Waals surface area contributed by atoms with Gasteiger partial charge in [-0.2, -0.15) is 0 Å². The average molecular weight is 284 g/mol. The van der Waals surface area contributed by atoms with E-state index in [1.807, 2.05) is 43.3 Å². The molecule has 110 valence electrons. The first-order valence-corrected chi connectivity index (χ1v) is 7.01. The third-order valence-electron chi connectivity index (χ3n) is 3.06. The molecule has 2 aromatic rings. The second kappa shape index (κ2) is 6.88. The predicted octanol–water partition coefficient (Wildman–Crippen LogP) is 3.53. The van der Waals surface area contributed by atoms with Crippen molar-refractivity contribution in [2.45, 2.75) is 26.7 Å². The number of ether oxygens (including phenoxy) is 1. The Hall–Kier alpha value is -2.36. The Morgan fingerprint density at radius 3 is 2.67 bits per heavy atom. The molecule has 4 heteroatoms. The first-order valence-electron chi connectivity index (χ1n) is 7.01. The highest BCUT2D eigenvalue weighted by molar-refractivity contribution is 5.90. The van der Waals surface area contributed by atoms with Crippen LogP contribution >= 0.6 is 0 Å². The van der Waals surface area contributed by atoms with Gasteiger partial charge in [0.15, 0.2) is 6.61 Å². The minimum absolute atomic E-state index is 0.0284. The summed E-state index contributed by atoms with van der Waals surface area (Å²) in [6.45, 7) is 6.04. The smallest absolute Gasteiger partial charge is 0.263 e. The SMILES string of the molecule is Cc1cccc(NC(=O)COc2ccccc2C(C)C)n1. The van der Waals surface area contributed by atoms with E-state index in [4.69, 9.17) is 4.74 Å². The zero-order chi connectivity index (χ0) is 15.2. The molecule has 0 aliphatic heterocycles. The average Bonchev–Trinajstić information content (AvgIpc) is 2.45. The molecule has 4 nitrogen and oxygen atoms in total. The van der Waals surface area contributed by atoms with Crippen molar-refractivity contribution >= 4 is 11.7 Å². The van der Waals surface area contributed by atoms with Crippen LogP contribution in [0.25, 0.3) is 0 Å². The highest BCUT2D eigenvalue weighted by Gasteiger charge is 2.09. The topological polar surface area (TPSA) is 51.2 Å². The van der Waals surface area contributed by atoms with Crippen LogP contribution in [0, 0.1) is 6.92 Å². The van der Waals surface area contributed by atoms with E-state index in [2.05, 4.69) is 24.1 Å². The number of benzene rings is 1. The fourth-order valence-corrected chi connectivity index (χ4v) is 2.02. The summed E-state index contributed by atoms with van der Waals surface area (Å²) < 4.78 is 5.62. The van der Waals surface area contributed by atoms with Gasteiger partial charge in [0.2, 0.25) is 0 Å². The van der Waals surface area contributed by atoms with Gasteiger partial charge >= 0.3 is 0 Å².